The van der Waals surface area contributed by atoms with Crippen molar-refractivity contribution < 1.29 is 23.5 Å². The lowest BCUT2D eigenvalue weighted by Gasteiger charge is -2.06. The molecule has 1 heterocycles. The largest absolute Gasteiger partial charge is 0.451 e. The Kier molecular flexibility index (Phi) is 6.30. The molecule has 2 N–H and O–H groups in total. The van der Waals surface area contributed by atoms with E-state index in [9.17, 15) is 18.8 Å². The first-order valence-corrected chi connectivity index (χ1v) is 9.35. The first kappa shape index (κ1) is 20.2. The third-order valence-corrected chi connectivity index (χ3v) is 4.69. The number of carbonyl (C=O) groups is 3. The van der Waals surface area contributed by atoms with Gasteiger partial charge in [0.15, 0.2) is 12.3 Å². The van der Waals surface area contributed by atoms with E-state index in [1.165, 1.54) is 35.9 Å². The van der Waals surface area contributed by atoms with Gasteiger partial charge in [-0.05, 0) is 48.5 Å². The van der Waals surface area contributed by atoms with Crippen molar-refractivity contribution in [1.82, 2.24) is 10.3 Å². The number of benzene rings is 2. The normalized spacial score (nSPS) is 10.3. The molecule has 1 aromatic heterocycles. The average Bonchev–Trinajstić information content (AvgIpc) is 3.23. The second kappa shape index (κ2) is 9.07. The van der Waals surface area contributed by atoms with Crippen LogP contribution in [0.2, 0.25) is 0 Å². The molecule has 0 spiro atoms. The van der Waals surface area contributed by atoms with E-state index >= 15 is 0 Å². The van der Waals surface area contributed by atoms with Gasteiger partial charge >= 0.3 is 5.97 Å². The molecule has 3 aromatic rings. The molecule has 0 fully saturated rings. The molecule has 0 bridgehead atoms. The molecule has 2 aromatic carbocycles. The maximum atomic E-state index is 13.0. The number of ether oxygens (including phenoxy) is 1. The Bertz CT molecular complexity index is 1030. The molecule has 0 aliphatic heterocycles. The number of esters is 1. The lowest BCUT2D eigenvalue weighted by atomic mass is 10.2. The van der Waals surface area contributed by atoms with Crippen molar-refractivity contribution in [3.8, 4) is 10.6 Å². The third-order valence-electron chi connectivity index (χ3n) is 3.80. The number of hydrogen-bond donors (Lipinski definition) is 2. The predicted molar refractivity (Wildman–Crippen MR) is 106 cm³/mol. The van der Waals surface area contributed by atoms with Gasteiger partial charge in [0, 0.05) is 29.2 Å². The van der Waals surface area contributed by atoms with E-state index in [1.54, 1.807) is 36.4 Å². The molecule has 0 saturated heterocycles. The van der Waals surface area contributed by atoms with Crippen LogP contribution in [-0.2, 0) is 9.53 Å². The van der Waals surface area contributed by atoms with Gasteiger partial charge < -0.3 is 15.4 Å². The fraction of sp³-hybridized carbons (Fsp3) is 0.100. The minimum Gasteiger partial charge on any atom is -0.451 e. The van der Waals surface area contributed by atoms with Crippen molar-refractivity contribution in [3.05, 3.63) is 71.0 Å². The van der Waals surface area contributed by atoms with Gasteiger partial charge in [-0.1, -0.05) is 0 Å². The molecule has 7 nitrogen and oxygen atoms in total. The Hall–Kier alpha value is -3.59. The van der Waals surface area contributed by atoms with Crippen molar-refractivity contribution in [1.29, 1.82) is 0 Å². The molecule has 2 amide bonds. The molecule has 0 aliphatic carbocycles. The Morgan fingerprint density at radius 1 is 1.07 bits per heavy atom. The van der Waals surface area contributed by atoms with E-state index in [0.717, 1.165) is 0 Å². The third kappa shape index (κ3) is 5.23. The van der Waals surface area contributed by atoms with Crippen molar-refractivity contribution in [2.24, 2.45) is 0 Å². The first-order chi connectivity index (χ1) is 14.0. The number of thiazole rings is 1. The van der Waals surface area contributed by atoms with E-state index in [1.807, 2.05) is 0 Å². The van der Waals surface area contributed by atoms with Crippen LogP contribution in [0.25, 0.3) is 10.6 Å². The zero-order valence-corrected chi connectivity index (χ0v) is 16.1. The number of anilines is 1. The number of rotatable bonds is 6. The van der Waals surface area contributed by atoms with Crippen LogP contribution in [0.5, 0.6) is 0 Å². The van der Waals surface area contributed by atoms with Crippen LogP contribution in [0.3, 0.4) is 0 Å². The van der Waals surface area contributed by atoms with Gasteiger partial charge in [-0.3, -0.25) is 9.59 Å². The highest BCUT2D eigenvalue weighted by Gasteiger charge is 2.15. The zero-order chi connectivity index (χ0) is 20.8. The maximum Gasteiger partial charge on any atom is 0.358 e. The Morgan fingerprint density at radius 2 is 1.76 bits per heavy atom. The number of hydrogen-bond acceptors (Lipinski definition) is 6. The summed E-state index contributed by atoms with van der Waals surface area (Å²) in [6.07, 6.45) is 0. The summed E-state index contributed by atoms with van der Waals surface area (Å²) in [6.45, 7) is -0.487. The fourth-order valence-electron chi connectivity index (χ4n) is 2.34. The Balaban J connectivity index is 1.53. The molecule has 0 aliphatic rings. The zero-order valence-electron chi connectivity index (χ0n) is 15.3. The topological polar surface area (TPSA) is 97.4 Å². The van der Waals surface area contributed by atoms with E-state index in [4.69, 9.17) is 4.74 Å². The van der Waals surface area contributed by atoms with Crippen LogP contribution >= 0.6 is 11.3 Å². The van der Waals surface area contributed by atoms with Crippen molar-refractivity contribution >= 4 is 34.8 Å². The van der Waals surface area contributed by atoms with Crippen LogP contribution in [0.1, 0.15) is 20.8 Å². The Labute approximate surface area is 169 Å². The standard InChI is InChI=1S/C20H16FN3O4S/c1-22-18(26)12-4-8-15(9-5-12)23-17(25)10-28-20(27)16-11-29-19(24-16)13-2-6-14(21)7-3-13/h2-9,11H,10H2,1H3,(H,22,26)(H,23,25). The second-order valence-corrected chi connectivity index (χ2v) is 6.68. The molecule has 29 heavy (non-hydrogen) atoms. The van der Waals surface area contributed by atoms with Crippen molar-refractivity contribution in [3.63, 3.8) is 0 Å². The number of amides is 2. The van der Waals surface area contributed by atoms with Gasteiger partial charge in [0.2, 0.25) is 0 Å². The monoisotopic (exact) mass is 413 g/mol. The summed E-state index contributed by atoms with van der Waals surface area (Å²) >= 11 is 1.21. The first-order valence-electron chi connectivity index (χ1n) is 8.47. The molecule has 148 valence electrons. The van der Waals surface area contributed by atoms with E-state index in [-0.39, 0.29) is 17.4 Å². The smallest absolute Gasteiger partial charge is 0.358 e. The van der Waals surface area contributed by atoms with Crippen LogP contribution in [0.4, 0.5) is 10.1 Å². The predicted octanol–water partition coefficient (Wildman–Crippen LogP) is 3.10. The fourth-order valence-corrected chi connectivity index (χ4v) is 3.14. The van der Waals surface area contributed by atoms with E-state index < -0.39 is 18.5 Å². The minimum absolute atomic E-state index is 0.0667. The summed E-state index contributed by atoms with van der Waals surface area (Å²) < 4.78 is 18.0. The van der Waals surface area contributed by atoms with Gasteiger partial charge in [0.25, 0.3) is 11.8 Å². The molecule has 9 heteroatoms. The summed E-state index contributed by atoms with van der Waals surface area (Å²) in [5.41, 5.74) is 1.66. The van der Waals surface area contributed by atoms with Gasteiger partial charge in [-0.15, -0.1) is 11.3 Å². The van der Waals surface area contributed by atoms with Gasteiger partial charge in [0.1, 0.15) is 10.8 Å². The molecule has 0 radical (unpaired) electrons. The second-order valence-electron chi connectivity index (χ2n) is 5.83. The van der Waals surface area contributed by atoms with Crippen molar-refractivity contribution in [2.75, 3.05) is 19.0 Å². The lowest BCUT2D eigenvalue weighted by Crippen LogP contribution is -2.21. The van der Waals surface area contributed by atoms with Crippen molar-refractivity contribution in [2.45, 2.75) is 0 Å². The summed E-state index contributed by atoms with van der Waals surface area (Å²) in [6, 6.07) is 12.0. The number of carbonyl (C=O) groups excluding carboxylic acids is 3. The highest BCUT2D eigenvalue weighted by atomic mass is 32.1. The lowest BCUT2D eigenvalue weighted by molar-refractivity contribution is -0.119. The van der Waals surface area contributed by atoms with E-state index in [2.05, 4.69) is 15.6 Å². The van der Waals surface area contributed by atoms with Crippen LogP contribution < -0.4 is 10.6 Å². The minimum atomic E-state index is -0.736. The highest BCUT2D eigenvalue weighted by Crippen LogP contribution is 2.24. The molecule has 0 atom stereocenters. The van der Waals surface area contributed by atoms with Gasteiger partial charge in [-0.25, -0.2) is 14.2 Å². The highest BCUT2D eigenvalue weighted by molar-refractivity contribution is 7.13. The summed E-state index contributed by atoms with van der Waals surface area (Å²) in [7, 11) is 1.53. The molecular formula is C20H16FN3O4S. The molecular weight excluding hydrogens is 397 g/mol. The summed E-state index contributed by atoms with van der Waals surface area (Å²) in [4.78, 5) is 39.7. The molecule has 0 saturated carbocycles. The number of nitrogens with zero attached hydrogens (tertiary/aromatic N) is 1. The maximum absolute atomic E-state index is 13.0. The SMILES string of the molecule is CNC(=O)c1ccc(NC(=O)COC(=O)c2csc(-c3ccc(F)cc3)n2)cc1. The summed E-state index contributed by atoms with van der Waals surface area (Å²) in [5, 5.41) is 7.12. The van der Waals surface area contributed by atoms with Gasteiger partial charge in [-0.2, -0.15) is 0 Å². The number of aromatic nitrogens is 1. The molecule has 0 unspecified atom stereocenters. The molecule has 3 rings (SSSR count). The number of nitrogens with one attached hydrogen (secondary N) is 2. The van der Waals surface area contributed by atoms with Crippen LogP contribution in [0.15, 0.2) is 53.9 Å². The average molecular weight is 413 g/mol. The van der Waals surface area contributed by atoms with Crippen LogP contribution in [-0.4, -0.2) is 36.4 Å². The quantitative estimate of drug-likeness (QED) is 0.605. The summed E-state index contributed by atoms with van der Waals surface area (Å²) in [5.74, 6) is -1.86. The van der Waals surface area contributed by atoms with Gasteiger partial charge in [0.05, 0.1) is 0 Å². The Morgan fingerprint density at radius 3 is 2.41 bits per heavy atom. The number of halogens is 1. The van der Waals surface area contributed by atoms with Crippen LogP contribution in [0, 0.1) is 5.82 Å². The van der Waals surface area contributed by atoms with E-state index in [0.29, 0.717) is 21.8 Å².